The lowest BCUT2D eigenvalue weighted by atomic mass is 10.1. The number of imidazole rings is 1. The molecule has 0 aliphatic heterocycles. The standard InChI is InChI=1S/C16H17N5O/c1-2-21-15(6-7-18-21)19-16(22)14-5-3-4-13(10-14)11-20-9-8-17-12-20/h3-10,12H,2,11H2,1H3,(H,19,22). The minimum atomic E-state index is -0.136. The number of rotatable bonds is 5. The molecule has 6 nitrogen and oxygen atoms in total. The summed E-state index contributed by atoms with van der Waals surface area (Å²) in [4.78, 5) is 16.4. The normalized spacial score (nSPS) is 10.6. The van der Waals surface area contributed by atoms with Crippen molar-refractivity contribution in [1.82, 2.24) is 19.3 Å². The Labute approximate surface area is 128 Å². The molecule has 0 saturated carbocycles. The van der Waals surface area contributed by atoms with Gasteiger partial charge in [-0.1, -0.05) is 12.1 Å². The summed E-state index contributed by atoms with van der Waals surface area (Å²) in [5.41, 5.74) is 1.68. The summed E-state index contributed by atoms with van der Waals surface area (Å²) in [7, 11) is 0. The average molecular weight is 295 g/mol. The van der Waals surface area contributed by atoms with Crippen molar-refractivity contribution in [1.29, 1.82) is 0 Å². The van der Waals surface area contributed by atoms with E-state index in [-0.39, 0.29) is 5.91 Å². The van der Waals surface area contributed by atoms with Crippen molar-refractivity contribution in [3.63, 3.8) is 0 Å². The summed E-state index contributed by atoms with van der Waals surface area (Å²) in [6.07, 6.45) is 7.07. The molecule has 2 heterocycles. The highest BCUT2D eigenvalue weighted by Gasteiger charge is 2.09. The highest BCUT2D eigenvalue weighted by atomic mass is 16.1. The maximum atomic E-state index is 12.4. The van der Waals surface area contributed by atoms with Crippen molar-refractivity contribution in [2.45, 2.75) is 20.0 Å². The minimum Gasteiger partial charge on any atom is -0.333 e. The molecule has 0 aliphatic carbocycles. The van der Waals surface area contributed by atoms with Crippen molar-refractivity contribution < 1.29 is 4.79 Å². The second-order valence-electron chi connectivity index (χ2n) is 4.92. The minimum absolute atomic E-state index is 0.136. The van der Waals surface area contributed by atoms with Crippen LogP contribution in [0.15, 0.2) is 55.2 Å². The van der Waals surface area contributed by atoms with Gasteiger partial charge >= 0.3 is 0 Å². The molecule has 3 aromatic rings. The van der Waals surface area contributed by atoms with Crippen LogP contribution in [0.3, 0.4) is 0 Å². The van der Waals surface area contributed by atoms with Crippen LogP contribution in [0.2, 0.25) is 0 Å². The Hall–Kier alpha value is -2.89. The van der Waals surface area contributed by atoms with Gasteiger partial charge in [-0.05, 0) is 24.6 Å². The maximum absolute atomic E-state index is 12.4. The third-order valence-corrected chi connectivity index (χ3v) is 3.37. The molecule has 0 unspecified atom stereocenters. The zero-order valence-corrected chi connectivity index (χ0v) is 12.3. The van der Waals surface area contributed by atoms with Gasteiger partial charge in [0.1, 0.15) is 5.82 Å². The van der Waals surface area contributed by atoms with Gasteiger partial charge in [-0.25, -0.2) is 9.67 Å². The molecule has 6 heteroatoms. The molecule has 0 radical (unpaired) electrons. The van der Waals surface area contributed by atoms with Crippen molar-refractivity contribution in [3.05, 3.63) is 66.4 Å². The molecular weight excluding hydrogens is 278 g/mol. The number of carbonyl (C=O) groups excluding carboxylic acids is 1. The third-order valence-electron chi connectivity index (χ3n) is 3.37. The van der Waals surface area contributed by atoms with Gasteiger partial charge in [-0.15, -0.1) is 0 Å². The summed E-state index contributed by atoms with van der Waals surface area (Å²) in [5, 5.41) is 7.03. The van der Waals surface area contributed by atoms with Crippen LogP contribution in [-0.2, 0) is 13.1 Å². The van der Waals surface area contributed by atoms with Crippen LogP contribution in [0.5, 0.6) is 0 Å². The van der Waals surface area contributed by atoms with Gasteiger partial charge in [0, 0.05) is 37.1 Å². The number of hydrogen-bond donors (Lipinski definition) is 1. The van der Waals surface area contributed by atoms with Gasteiger partial charge < -0.3 is 9.88 Å². The number of carbonyl (C=O) groups is 1. The Morgan fingerprint density at radius 1 is 1.27 bits per heavy atom. The van der Waals surface area contributed by atoms with Gasteiger partial charge in [0.25, 0.3) is 5.91 Å². The van der Waals surface area contributed by atoms with Gasteiger partial charge in [-0.2, -0.15) is 5.10 Å². The van der Waals surface area contributed by atoms with E-state index in [2.05, 4.69) is 15.4 Å². The summed E-state index contributed by atoms with van der Waals surface area (Å²) in [6, 6.07) is 9.36. The van der Waals surface area contributed by atoms with Crippen LogP contribution < -0.4 is 5.32 Å². The third kappa shape index (κ3) is 3.06. The van der Waals surface area contributed by atoms with E-state index in [1.807, 2.05) is 35.9 Å². The highest BCUT2D eigenvalue weighted by molar-refractivity contribution is 6.03. The lowest BCUT2D eigenvalue weighted by Gasteiger charge is -2.08. The first-order chi connectivity index (χ1) is 10.8. The van der Waals surface area contributed by atoms with Crippen LogP contribution in [0, 0.1) is 0 Å². The predicted molar refractivity (Wildman–Crippen MR) is 83.6 cm³/mol. The van der Waals surface area contributed by atoms with E-state index in [4.69, 9.17) is 0 Å². The molecule has 1 amide bonds. The number of nitrogens with one attached hydrogen (secondary N) is 1. The molecule has 0 atom stereocenters. The fourth-order valence-corrected chi connectivity index (χ4v) is 2.28. The Bertz CT molecular complexity index is 760. The van der Waals surface area contributed by atoms with Crippen LogP contribution in [0.25, 0.3) is 0 Å². The molecule has 0 fully saturated rings. The largest absolute Gasteiger partial charge is 0.333 e. The van der Waals surface area contributed by atoms with Crippen LogP contribution in [0.1, 0.15) is 22.8 Å². The monoisotopic (exact) mass is 295 g/mol. The zero-order valence-electron chi connectivity index (χ0n) is 12.3. The quantitative estimate of drug-likeness (QED) is 0.786. The van der Waals surface area contributed by atoms with Gasteiger partial charge in [0.05, 0.1) is 12.5 Å². The second-order valence-corrected chi connectivity index (χ2v) is 4.92. The van der Waals surface area contributed by atoms with E-state index < -0.39 is 0 Å². The molecule has 3 rings (SSSR count). The molecule has 2 aromatic heterocycles. The van der Waals surface area contributed by atoms with E-state index in [1.165, 1.54) is 0 Å². The molecule has 112 valence electrons. The zero-order chi connectivity index (χ0) is 15.4. The number of hydrogen-bond acceptors (Lipinski definition) is 3. The van der Waals surface area contributed by atoms with E-state index in [0.29, 0.717) is 24.5 Å². The Morgan fingerprint density at radius 3 is 2.95 bits per heavy atom. The van der Waals surface area contributed by atoms with Crippen LogP contribution in [0.4, 0.5) is 5.82 Å². The van der Waals surface area contributed by atoms with Gasteiger partial charge in [0.2, 0.25) is 0 Å². The SMILES string of the molecule is CCn1nccc1NC(=O)c1cccc(Cn2ccnc2)c1. The van der Waals surface area contributed by atoms with Crippen molar-refractivity contribution in [2.75, 3.05) is 5.32 Å². The maximum Gasteiger partial charge on any atom is 0.256 e. The van der Waals surface area contributed by atoms with Gasteiger partial charge in [-0.3, -0.25) is 4.79 Å². The molecule has 1 aromatic carbocycles. The number of amides is 1. The van der Waals surface area contributed by atoms with Crippen molar-refractivity contribution >= 4 is 11.7 Å². The Kier molecular flexibility index (Phi) is 4.00. The van der Waals surface area contributed by atoms with Crippen LogP contribution in [-0.4, -0.2) is 25.2 Å². The number of anilines is 1. The Morgan fingerprint density at radius 2 is 2.18 bits per heavy atom. The lowest BCUT2D eigenvalue weighted by molar-refractivity contribution is 0.102. The molecule has 0 aliphatic rings. The molecule has 0 bridgehead atoms. The topological polar surface area (TPSA) is 64.7 Å². The smallest absolute Gasteiger partial charge is 0.256 e. The van der Waals surface area contributed by atoms with E-state index >= 15 is 0 Å². The summed E-state index contributed by atoms with van der Waals surface area (Å²) in [5.74, 6) is 0.565. The van der Waals surface area contributed by atoms with Crippen molar-refractivity contribution in [3.8, 4) is 0 Å². The molecule has 1 N–H and O–H groups in total. The number of aromatic nitrogens is 4. The first-order valence-electron chi connectivity index (χ1n) is 7.14. The van der Waals surface area contributed by atoms with E-state index in [0.717, 1.165) is 5.56 Å². The van der Waals surface area contributed by atoms with Gasteiger partial charge in [0.15, 0.2) is 0 Å². The lowest BCUT2D eigenvalue weighted by Crippen LogP contribution is -2.15. The highest BCUT2D eigenvalue weighted by Crippen LogP contribution is 2.11. The molecule has 0 saturated heterocycles. The molecular formula is C16H17N5O. The number of aryl methyl sites for hydroxylation is 1. The fourth-order valence-electron chi connectivity index (χ4n) is 2.28. The fraction of sp³-hybridized carbons (Fsp3) is 0.188. The summed E-state index contributed by atoms with van der Waals surface area (Å²) < 4.78 is 3.70. The molecule has 0 spiro atoms. The van der Waals surface area contributed by atoms with E-state index in [1.54, 1.807) is 35.5 Å². The predicted octanol–water partition coefficient (Wildman–Crippen LogP) is 2.40. The van der Waals surface area contributed by atoms with E-state index in [9.17, 15) is 4.79 Å². The van der Waals surface area contributed by atoms with Crippen LogP contribution >= 0.6 is 0 Å². The summed E-state index contributed by atoms with van der Waals surface area (Å²) in [6.45, 7) is 3.38. The Balaban J connectivity index is 1.75. The second kappa shape index (κ2) is 6.26. The first-order valence-corrected chi connectivity index (χ1v) is 7.14. The first kappa shape index (κ1) is 14.1. The number of benzene rings is 1. The molecule has 22 heavy (non-hydrogen) atoms. The average Bonchev–Trinajstić information content (AvgIpc) is 3.19. The van der Waals surface area contributed by atoms with Crippen molar-refractivity contribution in [2.24, 2.45) is 0 Å². The summed E-state index contributed by atoms with van der Waals surface area (Å²) >= 11 is 0. The number of nitrogens with zero attached hydrogens (tertiary/aromatic N) is 4.